The Hall–Kier alpha value is -7.78. The first kappa shape index (κ1) is 37.2. The molecule has 1 nitrogen and oxygen atoms in total. The highest BCUT2D eigenvalue weighted by Gasteiger charge is 2.21. The fourth-order valence-electron chi connectivity index (χ4n) is 9.03. The summed E-state index contributed by atoms with van der Waals surface area (Å²) < 4.78 is 2.55. The fourth-order valence-corrected chi connectivity index (χ4v) is 10.3. The molecule has 0 saturated carbocycles. The van der Waals surface area contributed by atoms with Crippen molar-refractivity contribution in [2.24, 2.45) is 0 Å². The van der Waals surface area contributed by atoms with Crippen molar-refractivity contribution >= 4 is 48.6 Å². The summed E-state index contributed by atoms with van der Waals surface area (Å²) >= 11 is 1.88. The third-order valence-corrected chi connectivity index (χ3v) is 13.1. The average Bonchev–Trinajstić information content (AvgIpc) is 3.75. The molecule has 0 aliphatic heterocycles. The zero-order chi connectivity index (χ0) is 41.2. The van der Waals surface area contributed by atoms with Crippen LogP contribution >= 0.6 is 11.3 Å². The van der Waals surface area contributed by atoms with Crippen LogP contribution in [0, 0.1) is 0 Å². The van der Waals surface area contributed by atoms with Crippen LogP contribution in [-0.4, -0.2) is 0 Å². The molecule has 0 spiro atoms. The third-order valence-electron chi connectivity index (χ3n) is 11.9. The van der Waals surface area contributed by atoms with Crippen molar-refractivity contribution in [2.45, 2.75) is 0 Å². The Balaban J connectivity index is 1.07. The van der Waals surface area contributed by atoms with Crippen molar-refractivity contribution in [3.8, 4) is 66.8 Å². The summed E-state index contributed by atoms with van der Waals surface area (Å²) in [6.07, 6.45) is 0. The van der Waals surface area contributed by atoms with Crippen molar-refractivity contribution in [3.05, 3.63) is 249 Å². The van der Waals surface area contributed by atoms with Gasteiger partial charge in [0.2, 0.25) is 0 Å². The van der Waals surface area contributed by atoms with Gasteiger partial charge in [0, 0.05) is 37.1 Å². The maximum atomic E-state index is 2.44. The minimum Gasteiger partial charge on any atom is -0.310 e. The molecule has 0 unspecified atom stereocenters. The molecule has 0 atom stereocenters. The Bertz CT molecular complexity index is 3190. The van der Waals surface area contributed by atoms with Gasteiger partial charge in [0.25, 0.3) is 0 Å². The molecule has 10 aromatic carbocycles. The van der Waals surface area contributed by atoms with E-state index >= 15 is 0 Å². The Morgan fingerprint density at radius 3 is 1.06 bits per heavy atom. The topological polar surface area (TPSA) is 3.24 Å². The SMILES string of the molecule is c1ccc(-c2ccccc2-c2ccc(N(c3ccc(-c4ccccc4-c4ccccc4)cc3)c3cccc4sc5c(-c6ccccc6-c6ccccc6)cccc5c34)cc2)cc1. The van der Waals surface area contributed by atoms with E-state index in [0.717, 1.165) is 17.1 Å². The molecule has 0 aliphatic carbocycles. The van der Waals surface area contributed by atoms with Crippen molar-refractivity contribution in [1.29, 1.82) is 0 Å². The van der Waals surface area contributed by atoms with Gasteiger partial charge in [0.15, 0.2) is 0 Å². The number of benzene rings is 10. The van der Waals surface area contributed by atoms with E-state index in [-0.39, 0.29) is 0 Å². The van der Waals surface area contributed by atoms with Gasteiger partial charge in [-0.05, 0) is 97.6 Å². The highest BCUT2D eigenvalue weighted by atomic mass is 32.1. The van der Waals surface area contributed by atoms with E-state index in [9.17, 15) is 0 Å². The Kier molecular flexibility index (Phi) is 9.82. The lowest BCUT2D eigenvalue weighted by Crippen LogP contribution is -2.10. The highest BCUT2D eigenvalue weighted by Crippen LogP contribution is 2.49. The van der Waals surface area contributed by atoms with Crippen molar-refractivity contribution < 1.29 is 0 Å². The summed E-state index contributed by atoms with van der Waals surface area (Å²) in [7, 11) is 0. The molecule has 11 rings (SSSR count). The first-order valence-electron chi connectivity index (χ1n) is 21.2. The number of hydrogen-bond acceptors (Lipinski definition) is 2. The third kappa shape index (κ3) is 6.87. The minimum atomic E-state index is 1.10. The lowest BCUT2D eigenvalue weighted by molar-refractivity contribution is 1.30. The van der Waals surface area contributed by atoms with Gasteiger partial charge in [-0.2, -0.15) is 0 Å². The number of thiophene rings is 1. The second kappa shape index (κ2) is 16.3. The zero-order valence-corrected chi connectivity index (χ0v) is 34.8. The Morgan fingerprint density at radius 1 is 0.258 bits per heavy atom. The molecule has 62 heavy (non-hydrogen) atoms. The summed E-state index contributed by atoms with van der Waals surface area (Å²) in [6, 6.07) is 90.1. The Morgan fingerprint density at radius 2 is 0.613 bits per heavy atom. The number of nitrogens with zero attached hydrogens (tertiary/aromatic N) is 1. The predicted molar refractivity (Wildman–Crippen MR) is 267 cm³/mol. The van der Waals surface area contributed by atoms with Crippen LogP contribution in [0.15, 0.2) is 249 Å². The van der Waals surface area contributed by atoms with E-state index in [4.69, 9.17) is 0 Å². The second-order valence-corrected chi connectivity index (χ2v) is 16.7. The lowest BCUT2D eigenvalue weighted by Gasteiger charge is -2.27. The average molecular weight is 808 g/mol. The molecular weight excluding hydrogens is 767 g/mol. The molecule has 0 N–H and O–H groups in total. The number of fused-ring (bicyclic) bond motifs is 3. The summed E-state index contributed by atoms with van der Waals surface area (Å²) in [5.41, 5.74) is 18.0. The molecule has 0 aliphatic rings. The van der Waals surface area contributed by atoms with Gasteiger partial charge < -0.3 is 4.90 Å². The molecule has 0 radical (unpaired) electrons. The van der Waals surface area contributed by atoms with E-state index in [1.807, 2.05) is 11.3 Å². The van der Waals surface area contributed by atoms with E-state index in [2.05, 4.69) is 254 Å². The van der Waals surface area contributed by atoms with E-state index in [0.29, 0.717) is 0 Å². The minimum absolute atomic E-state index is 1.10. The monoisotopic (exact) mass is 807 g/mol. The van der Waals surface area contributed by atoms with Gasteiger partial charge in [-0.3, -0.25) is 0 Å². The first-order chi connectivity index (χ1) is 30.8. The molecule has 1 heterocycles. The second-order valence-electron chi connectivity index (χ2n) is 15.6. The summed E-state index contributed by atoms with van der Waals surface area (Å²) in [5, 5.41) is 2.51. The van der Waals surface area contributed by atoms with E-state index in [1.165, 1.54) is 86.9 Å². The van der Waals surface area contributed by atoms with Gasteiger partial charge in [0.1, 0.15) is 0 Å². The van der Waals surface area contributed by atoms with Crippen LogP contribution in [0.3, 0.4) is 0 Å². The molecular formula is C60H41NS. The smallest absolute Gasteiger partial charge is 0.0554 e. The standard InChI is InChI=1S/C60H41NS/c1-4-18-42(19-5-1)49-24-10-12-26-51(49)45-34-38-47(39-35-45)61(48-40-36-46(37-41-48)52-27-13-11-25-50(52)43-20-6-2-7-21-43)57-32-17-33-58-59(57)56-31-16-30-55(60(56)62-58)54-29-15-14-28-53(54)44-22-8-3-9-23-44/h1-41H. The van der Waals surface area contributed by atoms with Crippen molar-refractivity contribution in [1.82, 2.24) is 0 Å². The van der Waals surface area contributed by atoms with Gasteiger partial charge in [-0.1, -0.05) is 212 Å². The van der Waals surface area contributed by atoms with Crippen LogP contribution < -0.4 is 4.90 Å². The maximum absolute atomic E-state index is 2.44. The number of rotatable bonds is 9. The number of anilines is 3. The quantitative estimate of drug-likeness (QED) is 0.140. The molecule has 2 heteroatoms. The Labute approximate surface area is 367 Å². The molecule has 0 bridgehead atoms. The molecule has 1 aromatic heterocycles. The maximum Gasteiger partial charge on any atom is 0.0554 e. The molecule has 0 amide bonds. The van der Waals surface area contributed by atoms with Crippen LogP contribution in [-0.2, 0) is 0 Å². The van der Waals surface area contributed by atoms with Crippen LogP contribution in [0.4, 0.5) is 17.1 Å². The molecule has 0 fully saturated rings. The highest BCUT2D eigenvalue weighted by molar-refractivity contribution is 7.26. The van der Waals surface area contributed by atoms with Crippen LogP contribution in [0.1, 0.15) is 0 Å². The van der Waals surface area contributed by atoms with Crippen LogP contribution in [0.25, 0.3) is 86.9 Å². The summed E-state index contributed by atoms with van der Waals surface area (Å²) in [5.74, 6) is 0. The van der Waals surface area contributed by atoms with E-state index in [1.54, 1.807) is 0 Å². The van der Waals surface area contributed by atoms with E-state index < -0.39 is 0 Å². The van der Waals surface area contributed by atoms with Gasteiger partial charge in [0.05, 0.1) is 5.69 Å². The fraction of sp³-hybridized carbons (Fsp3) is 0. The van der Waals surface area contributed by atoms with Gasteiger partial charge in [-0.15, -0.1) is 11.3 Å². The van der Waals surface area contributed by atoms with Crippen LogP contribution in [0.5, 0.6) is 0 Å². The summed E-state index contributed by atoms with van der Waals surface area (Å²) in [6.45, 7) is 0. The van der Waals surface area contributed by atoms with Gasteiger partial charge >= 0.3 is 0 Å². The molecule has 0 saturated heterocycles. The van der Waals surface area contributed by atoms with Gasteiger partial charge in [-0.25, -0.2) is 0 Å². The first-order valence-corrected chi connectivity index (χ1v) is 22.0. The number of hydrogen-bond donors (Lipinski definition) is 0. The predicted octanol–water partition coefficient (Wildman–Crippen LogP) is 17.5. The normalized spacial score (nSPS) is 11.2. The lowest BCUT2D eigenvalue weighted by atomic mass is 9.93. The van der Waals surface area contributed by atoms with Crippen molar-refractivity contribution in [3.63, 3.8) is 0 Å². The van der Waals surface area contributed by atoms with Crippen molar-refractivity contribution in [2.75, 3.05) is 4.90 Å². The van der Waals surface area contributed by atoms with Crippen LogP contribution in [0.2, 0.25) is 0 Å². The largest absolute Gasteiger partial charge is 0.310 e. The molecule has 11 aromatic rings. The molecule has 292 valence electrons. The summed E-state index contributed by atoms with van der Waals surface area (Å²) in [4.78, 5) is 2.44. The zero-order valence-electron chi connectivity index (χ0n) is 34.0.